The molecule has 120 valence electrons. The van der Waals surface area contributed by atoms with Crippen molar-refractivity contribution < 1.29 is 23.8 Å². The molecule has 1 amide bonds. The summed E-state index contributed by atoms with van der Waals surface area (Å²) in [5.74, 6) is 0.435. The minimum Gasteiger partial charge on any atom is -0.497 e. The quantitative estimate of drug-likeness (QED) is 0.807. The molecule has 2 rings (SSSR count). The second-order valence-electron chi connectivity index (χ2n) is 5.57. The van der Waals surface area contributed by atoms with Crippen molar-refractivity contribution in [3.8, 4) is 11.5 Å². The SMILES string of the molecule is COc1cc(CNC(=O)[C@@H]2OC(=O)[C@H]2C(C)C)cc(OC)c1. The van der Waals surface area contributed by atoms with Gasteiger partial charge < -0.3 is 19.5 Å². The fourth-order valence-corrected chi connectivity index (χ4v) is 2.42. The van der Waals surface area contributed by atoms with Crippen LogP contribution in [0.15, 0.2) is 18.2 Å². The van der Waals surface area contributed by atoms with Gasteiger partial charge in [0.1, 0.15) is 17.4 Å². The number of benzene rings is 1. The van der Waals surface area contributed by atoms with Gasteiger partial charge in [-0.1, -0.05) is 13.8 Å². The first kappa shape index (κ1) is 16.1. The third-order valence-electron chi connectivity index (χ3n) is 3.70. The first-order valence-electron chi connectivity index (χ1n) is 7.16. The van der Waals surface area contributed by atoms with Gasteiger partial charge in [-0.3, -0.25) is 9.59 Å². The van der Waals surface area contributed by atoms with Crippen LogP contribution in [0.3, 0.4) is 0 Å². The lowest BCUT2D eigenvalue weighted by atomic mass is 9.85. The summed E-state index contributed by atoms with van der Waals surface area (Å²) in [5.41, 5.74) is 0.844. The minimum absolute atomic E-state index is 0.0777. The van der Waals surface area contributed by atoms with E-state index in [0.717, 1.165) is 5.56 Å². The summed E-state index contributed by atoms with van der Waals surface area (Å²) >= 11 is 0. The summed E-state index contributed by atoms with van der Waals surface area (Å²) in [6.07, 6.45) is -0.694. The van der Waals surface area contributed by atoms with Crippen molar-refractivity contribution in [1.29, 1.82) is 0 Å². The van der Waals surface area contributed by atoms with Crippen LogP contribution in [-0.2, 0) is 20.9 Å². The highest BCUT2D eigenvalue weighted by Gasteiger charge is 2.48. The van der Waals surface area contributed by atoms with Gasteiger partial charge in [0.05, 0.1) is 14.2 Å². The molecule has 0 saturated carbocycles. The van der Waals surface area contributed by atoms with Crippen molar-refractivity contribution in [3.63, 3.8) is 0 Å². The molecule has 0 radical (unpaired) electrons. The van der Waals surface area contributed by atoms with E-state index in [1.165, 1.54) is 0 Å². The number of methoxy groups -OCH3 is 2. The Morgan fingerprint density at radius 3 is 2.27 bits per heavy atom. The van der Waals surface area contributed by atoms with Gasteiger partial charge in [-0.05, 0) is 23.6 Å². The topological polar surface area (TPSA) is 73.9 Å². The predicted molar refractivity (Wildman–Crippen MR) is 79.6 cm³/mol. The molecule has 22 heavy (non-hydrogen) atoms. The van der Waals surface area contributed by atoms with Crippen LogP contribution in [-0.4, -0.2) is 32.2 Å². The first-order chi connectivity index (χ1) is 10.5. The van der Waals surface area contributed by atoms with Crippen LogP contribution in [0.1, 0.15) is 19.4 Å². The highest BCUT2D eigenvalue weighted by molar-refractivity contribution is 5.94. The molecular formula is C16H21NO5. The molecular weight excluding hydrogens is 286 g/mol. The number of hydrogen-bond acceptors (Lipinski definition) is 5. The summed E-state index contributed by atoms with van der Waals surface area (Å²) in [7, 11) is 3.14. The van der Waals surface area contributed by atoms with Crippen LogP contribution in [0.5, 0.6) is 11.5 Å². The van der Waals surface area contributed by atoms with Crippen LogP contribution in [0.4, 0.5) is 0 Å². The van der Waals surface area contributed by atoms with Crippen LogP contribution >= 0.6 is 0 Å². The Kier molecular flexibility index (Phi) is 4.90. The van der Waals surface area contributed by atoms with Gasteiger partial charge in [0.25, 0.3) is 5.91 Å². The molecule has 0 aromatic heterocycles. The fourth-order valence-electron chi connectivity index (χ4n) is 2.42. The maximum Gasteiger partial charge on any atom is 0.314 e. The summed E-state index contributed by atoms with van der Waals surface area (Å²) in [4.78, 5) is 23.5. The molecule has 0 spiro atoms. The smallest absolute Gasteiger partial charge is 0.314 e. The average Bonchev–Trinajstić information content (AvgIpc) is 2.48. The van der Waals surface area contributed by atoms with Crippen molar-refractivity contribution in [2.45, 2.75) is 26.5 Å². The van der Waals surface area contributed by atoms with Gasteiger partial charge in [-0.2, -0.15) is 0 Å². The molecule has 1 heterocycles. The number of rotatable bonds is 6. The second kappa shape index (κ2) is 6.68. The molecule has 1 aromatic carbocycles. The standard InChI is InChI=1S/C16H21NO5/c1-9(2)13-14(22-16(13)19)15(18)17-8-10-5-11(20-3)7-12(6-10)21-4/h5-7,9,13-14H,8H2,1-4H3,(H,17,18)/t13-,14+/m0/s1. The summed E-state index contributed by atoms with van der Waals surface area (Å²) < 4.78 is 15.3. The number of ether oxygens (including phenoxy) is 3. The van der Waals surface area contributed by atoms with E-state index in [1.54, 1.807) is 20.3 Å². The van der Waals surface area contributed by atoms with E-state index in [4.69, 9.17) is 14.2 Å². The largest absolute Gasteiger partial charge is 0.497 e. The summed E-state index contributed by atoms with van der Waals surface area (Å²) in [6, 6.07) is 5.39. The zero-order chi connectivity index (χ0) is 16.3. The number of carbonyl (C=O) groups excluding carboxylic acids is 2. The van der Waals surface area contributed by atoms with Crippen molar-refractivity contribution in [3.05, 3.63) is 23.8 Å². The third-order valence-corrected chi connectivity index (χ3v) is 3.70. The second-order valence-corrected chi connectivity index (χ2v) is 5.57. The highest BCUT2D eigenvalue weighted by atomic mass is 16.6. The molecule has 6 heteroatoms. The molecule has 1 N–H and O–H groups in total. The molecule has 1 aromatic rings. The Morgan fingerprint density at radius 2 is 1.82 bits per heavy atom. The number of hydrogen-bond donors (Lipinski definition) is 1. The number of nitrogens with one attached hydrogen (secondary N) is 1. The van der Waals surface area contributed by atoms with Gasteiger partial charge in [-0.15, -0.1) is 0 Å². The van der Waals surface area contributed by atoms with Crippen molar-refractivity contribution in [2.75, 3.05) is 14.2 Å². The van der Waals surface area contributed by atoms with Gasteiger partial charge in [-0.25, -0.2) is 0 Å². The molecule has 1 fully saturated rings. The maximum absolute atomic E-state index is 12.1. The van der Waals surface area contributed by atoms with E-state index in [-0.39, 0.29) is 23.7 Å². The van der Waals surface area contributed by atoms with E-state index in [2.05, 4.69) is 5.32 Å². The van der Waals surface area contributed by atoms with Crippen LogP contribution in [0, 0.1) is 11.8 Å². The molecule has 0 bridgehead atoms. The van der Waals surface area contributed by atoms with Gasteiger partial charge >= 0.3 is 5.97 Å². The Labute approximate surface area is 129 Å². The molecule has 2 atom stereocenters. The zero-order valence-electron chi connectivity index (χ0n) is 13.2. The Balaban J connectivity index is 1.98. The van der Waals surface area contributed by atoms with E-state index in [1.807, 2.05) is 26.0 Å². The van der Waals surface area contributed by atoms with E-state index >= 15 is 0 Å². The number of cyclic esters (lactones) is 1. The highest BCUT2D eigenvalue weighted by Crippen LogP contribution is 2.29. The summed E-state index contributed by atoms with van der Waals surface area (Å²) in [6.45, 7) is 4.11. The Bertz CT molecular complexity index is 547. The Morgan fingerprint density at radius 1 is 1.23 bits per heavy atom. The lowest BCUT2D eigenvalue weighted by Crippen LogP contribution is -2.55. The van der Waals surface area contributed by atoms with E-state index < -0.39 is 6.10 Å². The van der Waals surface area contributed by atoms with E-state index in [9.17, 15) is 9.59 Å². The zero-order valence-corrected chi connectivity index (χ0v) is 13.2. The normalized spacial score (nSPS) is 20.1. The molecule has 6 nitrogen and oxygen atoms in total. The van der Waals surface area contributed by atoms with Crippen molar-refractivity contribution >= 4 is 11.9 Å². The monoisotopic (exact) mass is 307 g/mol. The number of carbonyl (C=O) groups is 2. The molecule has 0 unspecified atom stereocenters. The van der Waals surface area contributed by atoms with Crippen LogP contribution in [0.2, 0.25) is 0 Å². The summed E-state index contributed by atoms with van der Waals surface area (Å²) in [5, 5.41) is 2.78. The molecule has 1 aliphatic rings. The van der Waals surface area contributed by atoms with Crippen molar-refractivity contribution in [2.24, 2.45) is 11.8 Å². The molecule has 1 saturated heterocycles. The fraction of sp³-hybridized carbons (Fsp3) is 0.500. The van der Waals surface area contributed by atoms with Gasteiger partial charge in [0.15, 0.2) is 6.10 Å². The van der Waals surface area contributed by atoms with Crippen molar-refractivity contribution in [1.82, 2.24) is 5.32 Å². The molecule has 1 aliphatic heterocycles. The van der Waals surface area contributed by atoms with Crippen LogP contribution < -0.4 is 14.8 Å². The predicted octanol–water partition coefficient (Wildman–Crippen LogP) is 1.52. The third kappa shape index (κ3) is 3.32. The number of esters is 1. The van der Waals surface area contributed by atoms with E-state index in [0.29, 0.717) is 18.0 Å². The molecule has 0 aliphatic carbocycles. The lowest BCUT2D eigenvalue weighted by Gasteiger charge is -2.36. The average molecular weight is 307 g/mol. The minimum atomic E-state index is -0.694. The van der Waals surface area contributed by atoms with Gasteiger partial charge in [0, 0.05) is 12.6 Å². The Hall–Kier alpha value is -2.24. The van der Waals surface area contributed by atoms with Gasteiger partial charge in [0.2, 0.25) is 0 Å². The lowest BCUT2D eigenvalue weighted by molar-refractivity contribution is -0.192. The van der Waals surface area contributed by atoms with Crippen LogP contribution in [0.25, 0.3) is 0 Å². The number of amides is 1. The maximum atomic E-state index is 12.1. The first-order valence-corrected chi connectivity index (χ1v) is 7.16.